The Morgan fingerprint density at radius 1 is 1.20 bits per heavy atom. The first-order valence-corrected chi connectivity index (χ1v) is 3.55. The van der Waals surface area contributed by atoms with Crippen molar-refractivity contribution in [3.8, 4) is 0 Å². The number of carbonyl (C=O) groups excluding carboxylic acids is 2. The van der Waals surface area contributed by atoms with E-state index in [4.69, 9.17) is 5.73 Å². The zero-order valence-electron chi connectivity index (χ0n) is 5.80. The second-order valence-corrected chi connectivity index (χ2v) is 2.71. The van der Waals surface area contributed by atoms with Crippen molar-refractivity contribution in [3.63, 3.8) is 0 Å². The van der Waals surface area contributed by atoms with Crippen molar-refractivity contribution in [2.24, 2.45) is 11.7 Å². The van der Waals surface area contributed by atoms with Crippen LogP contribution in [0.5, 0.6) is 0 Å². The van der Waals surface area contributed by atoms with E-state index in [0.717, 1.165) is 25.7 Å². The molecule has 0 bridgehead atoms. The molecule has 3 nitrogen and oxygen atoms in total. The lowest BCUT2D eigenvalue weighted by Crippen LogP contribution is -2.28. The Hall–Kier alpha value is -0.860. The summed E-state index contributed by atoms with van der Waals surface area (Å²) in [5.74, 6) is -1.21. The van der Waals surface area contributed by atoms with Crippen molar-refractivity contribution in [2.75, 3.05) is 0 Å². The molecule has 0 saturated heterocycles. The highest BCUT2D eigenvalue weighted by Gasteiger charge is 2.25. The van der Waals surface area contributed by atoms with Gasteiger partial charge in [0.25, 0.3) is 5.91 Å². The van der Waals surface area contributed by atoms with Gasteiger partial charge in [0, 0.05) is 5.92 Å². The van der Waals surface area contributed by atoms with Gasteiger partial charge in [0.05, 0.1) is 0 Å². The van der Waals surface area contributed by atoms with Gasteiger partial charge in [0.2, 0.25) is 5.78 Å². The van der Waals surface area contributed by atoms with Crippen molar-refractivity contribution in [3.05, 3.63) is 0 Å². The van der Waals surface area contributed by atoms with Crippen molar-refractivity contribution in [2.45, 2.75) is 25.7 Å². The first-order chi connectivity index (χ1) is 4.72. The monoisotopic (exact) mass is 141 g/mol. The molecule has 1 fully saturated rings. The topological polar surface area (TPSA) is 60.2 Å². The third kappa shape index (κ3) is 1.35. The molecule has 0 aromatic carbocycles. The number of nitrogens with two attached hydrogens (primary N) is 1. The first kappa shape index (κ1) is 7.25. The summed E-state index contributed by atoms with van der Waals surface area (Å²) in [6.07, 6.45) is 3.82. The molecule has 0 unspecified atom stereocenters. The van der Waals surface area contributed by atoms with E-state index in [1.165, 1.54) is 0 Å². The van der Waals surface area contributed by atoms with E-state index >= 15 is 0 Å². The predicted molar refractivity (Wildman–Crippen MR) is 36.2 cm³/mol. The van der Waals surface area contributed by atoms with E-state index in [1.54, 1.807) is 0 Å². The van der Waals surface area contributed by atoms with E-state index in [0.29, 0.717) is 0 Å². The zero-order chi connectivity index (χ0) is 7.56. The summed E-state index contributed by atoms with van der Waals surface area (Å²) >= 11 is 0. The first-order valence-electron chi connectivity index (χ1n) is 3.55. The van der Waals surface area contributed by atoms with Gasteiger partial charge in [0.15, 0.2) is 0 Å². The van der Waals surface area contributed by atoms with Crippen molar-refractivity contribution < 1.29 is 9.59 Å². The normalized spacial score (nSPS) is 19.2. The molecule has 3 heteroatoms. The third-order valence-corrected chi connectivity index (χ3v) is 1.97. The molecule has 1 aliphatic rings. The van der Waals surface area contributed by atoms with Crippen LogP contribution in [0.15, 0.2) is 0 Å². The number of ketones is 1. The van der Waals surface area contributed by atoms with Crippen LogP contribution in [0.2, 0.25) is 0 Å². The van der Waals surface area contributed by atoms with Crippen LogP contribution in [-0.4, -0.2) is 11.7 Å². The van der Waals surface area contributed by atoms with Crippen LogP contribution >= 0.6 is 0 Å². The molecule has 1 saturated carbocycles. The van der Waals surface area contributed by atoms with Crippen LogP contribution in [-0.2, 0) is 9.59 Å². The Morgan fingerprint density at radius 3 is 2.10 bits per heavy atom. The van der Waals surface area contributed by atoms with E-state index in [-0.39, 0.29) is 11.7 Å². The van der Waals surface area contributed by atoms with Crippen LogP contribution < -0.4 is 5.73 Å². The van der Waals surface area contributed by atoms with Gasteiger partial charge in [-0.15, -0.1) is 0 Å². The van der Waals surface area contributed by atoms with Gasteiger partial charge in [0.1, 0.15) is 0 Å². The van der Waals surface area contributed by atoms with E-state index in [1.807, 2.05) is 0 Å². The van der Waals surface area contributed by atoms with Crippen LogP contribution in [0.4, 0.5) is 0 Å². The largest absolute Gasteiger partial charge is 0.363 e. The summed E-state index contributed by atoms with van der Waals surface area (Å²) in [7, 11) is 0. The number of amides is 1. The molecule has 1 aliphatic carbocycles. The lowest BCUT2D eigenvalue weighted by Gasteiger charge is -2.01. The van der Waals surface area contributed by atoms with Gasteiger partial charge in [-0.3, -0.25) is 9.59 Å². The summed E-state index contributed by atoms with van der Waals surface area (Å²) in [4.78, 5) is 21.2. The van der Waals surface area contributed by atoms with Crippen LogP contribution in [0.3, 0.4) is 0 Å². The summed E-state index contributed by atoms with van der Waals surface area (Å²) in [5.41, 5.74) is 4.83. The predicted octanol–water partition coefficient (Wildman–Crippen LogP) is 0.231. The molecule has 0 aromatic heterocycles. The average molecular weight is 141 g/mol. The number of rotatable bonds is 2. The maximum atomic E-state index is 10.9. The number of hydrogen-bond acceptors (Lipinski definition) is 2. The Labute approximate surface area is 59.6 Å². The molecule has 0 spiro atoms. The fourth-order valence-corrected chi connectivity index (χ4v) is 1.39. The molecule has 0 atom stereocenters. The lowest BCUT2D eigenvalue weighted by molar-refractivity contribution is -0.138. The Kier molecular flexibility index (Phi) is 2.04. The fourth-order valence-electron chi connectivity index (χ4n) is 1.39. The highest BCUT2D eigenvalue weighted by Crippen LogP contribution is 2.24. The SMILES string of the molecule is NC(=O)C(=O)C1CCCC1. The van der Waals surface area contributed by atoms with Crippen molar-refractivity contribution >= 4 is 11.7 Å². The molecular weight excluding hydrogens is 130 g/mol. The Bertz CT molecular complexity index is 159. The minimum Gasteiger partial charge on any atom is -0.363 e. The average Bonchev–Trinajstić information content (AvgIpc) is 2.36. The van der Waals surface area contributed by atoms with Gasteiger partial charge in [-0.2, -0.15) is 0 Å². The highest BCUT2D eigenvalue weighted by atomic mass is 16.2. The lowest BCUT2D eigenvalue weighted by atomic mass is 10.0. The second-order valence-electron chi connectivity index (χ2n) is 2.71. The number of Topliss-reactive ketones (excluding diaryl/α,β-unsaturated/α-hetero) is 1. The van der Waals surface area contributed by atoms with Gasteiger partial charge in [-0.05, 0) is 12.8 Å². The van der Waals surface area contributed by atoms with E-state index in [2.05, 4.69) is 0 Å². The molecule has 1 rings (SSSR count). The molecule has 0 radical (unpaired) electrons. The standard InChI is InChI=1S/C7H11NO2/c8-7(10)6(9)5-3-1-2-4-5/h5H,1-4H2,(H2,8,10). The van der Waals surface area contributed by atoms with E-state index < -0.39 is 5.91 Å². The molecule has 2 N–H and O–H groups in total. The quantitative estimate of drug-likeness (QED) is 0.559. The summed E-state index contributed by atoms with van der Waals surface area (Å²) < 4.78 is 0. The summed E-state index contributed by atoms with van der Waals surface area (Å²) in [6, 6.07) is 0. The van der Waals surface area contributed by atoms with Gasteiger partial charge in [-0.1, -0.05) is 12.8 Å². The zero-order valence-corrected chi connectivity index (χ0v) is 5.80. The van der Waals surface area contributed by atoms with E-state index in [9.17, 15) is 9.59 Å². The maximum absolute atomic E-state index is 10.9. The summed E-state index contributed by atoms with van der Waals surface area (Å²) in [5, 5.41) is 0. The van der Waals surface area contributed by atoms with Crippen LogP contribution in [0, 0.1) is 5.92 Å². The second kappa shape index (κ2) is 2.82. The molecule has 0 aliphatic heterocycles. The minimum atomic E-state index is -0.771. The molecule has 1 amide bonds. The summed E-state index contributed by atoms with van der Waals surface area (Å²) in [6.45, 7) is 0. The Morgan fingerprint density at radius 2 is 1.70 bits per heavy atom. The third-order valence-electron chi connectivity index (χ3n) is 1.97. The number of primary amides is 1. The highest BCUT2D eigenvalue weighted by molar-refractivity contribution is 6.36. The molecule has 0 heterocycles. The maximum Gasteiger partial charge on any atom is 0.285 e. The van der Waals surface area contributed by atoms with Crippen LogP contribution in [0.25, 0.3) is 0 Å². The van der Waals surface area contributed by atoms with Crippen molar-refractivity contribution in [1.29, 1.82) is 0 Å². The molecular formula is C7H11NO2. The molecule has 56 valence electrons. The Balaban J connectivity index is 2.48. The minimum absolute atomic E-state index is 0.0579. The number of carbonyl (C=O) groups is 2. The molecule has 0 aromatic rings. The number of hydrogen-bond donors (Lipinski definition) is 1. The van der Waals surface area contributed by atoms with Crippen molar-refractivity contribution in [1.82, 2.24) is 0 Å². The van der Waals surface area contributed by atoms with Gasteiger partial charge >= 0.3 is 0 Å². The van der Waals surface area contributed by atoms with Gasteiger partial charge in [-0.25, -0.2) is 0 Å². The van der Waals surface area contributed by atoms with Crippen LogP contribution in [0.1, 0.15) is 25.7 Å². The van der Waals surface area contributed by atoms with Gasteiger partial charge < -0.3 is 5.73 Å². The molecule has 10 heavy (non-hydrogen) atoms. The smallest absolute Gasteiger partial charge is 0.285 e. The fraction of sp³-hybridized carbons (Fsp3) is 0.714.